The fourth-order valence-corrected chi connectivity index (χ4v) is 1.30. The van der Waals surface area contributed by atoms with Gasteiger partial charge in [0.1, 0.15) is 12.5 Å². The lowest BCUT2D eigenvalue weighted by Crippen LogP contribution is -2.27. The van der Waals surface area contributed by atoms with Crippen LogP contribution >= 0.6 is 0 Å². The number of hydrogen-bond donors (Lipinski definition) is 1. The number of aliphatic hydroxyl groups is 1. The molecule has 0 saturated carbocycles. The molecule has 0 spiro atoms. The van der Waals surface area contributed by atoms with Crippen molar-refractivity contribution in [3.8, 4) is 5.75 Å². The number of carbonyl (C=O) groups is 1. The lowest BCUT2D eigenvalue weighted by atomic mass is 10.1. The minimum absolute atomic E-state index is 0.205. The predicted molar refractivity (Wildman–Crippen MR) is 56.9 cm³/mol. The smallest absolute Gasteiger partial charge is 0.255 e. The van der Waals surface area contributed by atoms with Gasteiger partial charge in [0.2, 0.25) is 0 Å². The summed E-state index contributed by atoms with van der Waals surface area (Å²) < 4.78 is 5.09. The van der Waals surface area contributed by atoms with Crippen LogP contribution < -0.4 is 4.74 Å². The SMILES string of the molecule is COc1ccc(C(=O)N(C)CO)cc1C. The summed E-state index contributed by atoms with van der Waals surface area (Å²) in [5.74, 6) is 0.543. The van der Waals surface area contributed by atoms with E-state index < -0.39 is 0 Å². The van der Waals surface area contributed by atoms with Crippen LogP contribution in [0, 0.1) is 6.92 Å². The molecule has 0 radical (unpaired) electrons. The van der Waals surface area contributed by atoms with Crippen LogP contribution in [-0.2, 0) is 0 Å². The van der Waals surface area contributed by atoms with Crippen molar-refractivity contribution in [3.63, 3.8) is 0 Å². The maximum absolute atomic E-state index is 11.7. The molecule has 4 nitrogen and oxygen atoms in total. The van der Waals surface area contributed by atoms with Gasteiger partial charge < -0.3 is 14.7 Å². The van der Waals surface area contributed by atoms with Crippen molar-refractivity contribution in [2.24, 2.45) is 0 Å². The molecule has 1 rings (SSSR count). The first-order chi connectivity index (χ1) is 7.10. The van der Waals surface area contributed by atoms with Crippen LogP contribution in [0.15, 0.2) is 18.2 Å². The summed E-state index contributed by atoms with van der Waals surface area (Å²) in [6.45, 7) is 1.58. The second kappa shape index (κ2) is 4.79. The molecule has 0 aliphatic carbocycles. The number of aliphatic hydroxyl groups excluding tert-OH is 1. The van der Waals surface area contributed by atoms with E-state index in [2.05, 4.69) is 0 Å². The Bertz CT molecular complexity index is 363. The highest BCUT2D eigenvalue weighted by Gasteiger charge is 2.11. The summed E-state index contributed by atoms with van der Waals surface area (Å²) in [5, 5.41) is 8.82. The van der Waals surface area contributed by atoms with E-state index >= 15 is 0 Å². The lowest BCUT2D eigenvalue weighted by molar-refractivity contribution is 0.0629. The number of benzene rings is 1. The van der Waals surface area contributed by atoms with Gasteiger partial charge in [0.05, 0.1) is 7.11 Å². The Morgan fingerprint density at radius 1 is 1.53 bits per heavy atom. The average molecular weight is 209 g/mol. The topological polar surface area (TPSA) is 49.8 Å². The highest BCUT2D eigenvalue weighted by atomic mass is 16.5. The van der Waals surface area contributed by atoms with Crippen LogP contribution in [0.4, 0.5) is 0 Å². The maximum atomic E-state index is 11.7. The monoisotopic (exact) mass is 209 g/mol. The molecule has 0 fully saturated rings. The number of ether oxygens (including phenoxy) is 1. The molecular weight excluding hydrogens is 194 g/mol. The molecule has 0 saturated heterocycles. The summed E-state index contributed by atoms with van der Waals surface area (Å²) in [5.41, 5.74) is 1.44. The van der Waals surface area contributed by atoms with E-state index in [1.54, 1.807) is 32.4 Å². The lowest BCUT2D eigenvalue weighted by Gasteiger charge is -2.14. The van der Waals surface area contributed by atoms with Gasteiger partial charge in [0, 0.05) is 12.6 Å². The Kier molecular flexibility index (Phi) is 3.68. The molecule has 0 aliphatic rings. The maximum Gasteiger partial charge on any atom is 0.255 e. The first-order valence-electron chi connectivity index (χ1n) is 4.61. The van der Waals surface area contributed by atoms with Gasteiger partial charge in [-0.3, -0.25) is 4.79 Å². The van der Waals surface area contributed by atoms with Crippen molar-refractivity contribution < 1.29 is 14.6 Å². The molecule has 0 bridgehead atoms. The van der Waals surface area contributed by atoms with Gasteiger partial charge in [-0.05, 0) is 30.7 Å². The predicted octanol–water partition coefficient (Wildman–Crippen LogP) is 1.03. The van der Waals surface area contributed by atoms with Gasteiger partial charge >= 0.3 is 0 Å². The number of nitrogens with zero attached hydrogens (tertiary/aromatic N) is 1. The molecule has 15 heavy (non-hydrogen) atoms. The standard InChI is InChI=1S/C11H15NO3/c1-8-6-9(4-5-10(8)15-3)11(14)12(2)7-13/h4-6,13H,7H2,1-3H3. The Balaban J connectivity index is 2.97. The Hall–Kier alpha value is -1.55. The highest BCUT2D eigenvalue weighted by Crippen LogP contribution is 2.19. The van der Waals surface area contributed by atoms with Gasteiger partial charge in [-0.15, -0.1) is 0 Å². The van der Waals surface area contributed by atoms with Crippen molar-refractivity contribution in [2.75, 3.05) is 20.9 Å². The quantitative estimate of drug-likeness (QED) is 0.756. The second-order valence-electron chi connectivity index (χ2n) is 3.33. The molecule has 0 atom stereocenters. The molecule has 0 heterocycles. The zero-order valence-corrected chi connectivity index (χ0v) is 9.15. The van der Waals surface area contributed by atoms with Crippen LogP contribution in [0.3, 0.4) is 0 Å². The number of carbonyl (C=O) groups excluding carboxylic acids is 1. The van der Waals surface area contributed by atoms with E-state index in [1.165, 1.54) is 4.90 Å². The third kappa shape index (κ3) is 2.47. The highest BCUT2D eigenvalue weighted by molar-refractivity contribution is 5.94. The van der Waals surface area contributed by atoms with Crippen LogP contribution in [0.25, 0.3) is 0 Å². The van der Waals surface area contributed by atoms with Crippen molar-refractivity contribution in [1.29, 1.82) is 0 Å². The van der Waals surface area contributed by atoms with E-state index in [1.807, 2.05) is 6.92 Å². The van der Waals surface area contributed by atoms with E-state index in [9.17, 15) is 4.79 Å². The van der Waals surface area contributed by atoms with Crippen LogP contribution in [-0.4, -0.2) is 36.8 Å². The van der Waals surface area contributed by atoms with Crippen LogP contribution in [0.2, 0.25) is 0 Å². The minimum Gasteiger partial charge on any atom is -0.496 e. The minimum atomic E-state index is -0.288. The Morgan fingerprint density at radius 2 is 2.20 bits per heavy atom. The summed E-state index contributed by atoms with van der Waals surface area (Å²) in [6.07, 6.45) is 0. The van der Waals surface area contributed by atoms with E-state index in [0.29, 0.717) is 5.56 Å². The first kappa shape index (κ1) is 11.5. The van der Waals surface area contributed by atoms with Gasteiger partial charge in [0.15, 0.2) is 0 Å². The largest absolute Gasteiger partial charge is 0.496 e. The molecule has 82 valence electrons. The van der Waals surface area contributed by atoms with Gasteiger partial charge in [-0.25, -0.2) is 0 Å². The van der Waals surface area contributed by atoms with Crippen molar-refractivity contribution in [1.82, 2.24) is 4.90 Å². The molecule has 1 amide bonds. The molecule has 1 aromatic rings. The normalized spacial score (nSPS) is 9.87. The van der Waals surface area contributed by atoms with E-state index in [4.69, 9.17) is 9.84 Å². The number of amides is 1. The van der Waals surface area contributed by atoms with E-state index in [-0.39, 0.29) is 12.6 Å². The summed E-state index contributed by atoms with van der Waals surface area (Å²) in [6, 6.07) is 5.17. The molecule has 0 aliphatic heterocycles. The van der Waals surface area contributed by atoms with Gasteiger partial charge in [-0.1, -0.05) is 0 Å². The molecule has 1 N–H and O–H groups in total. The van der Waals surface area contributed by atoms with E-state index in [0.717, 1.165) is 11.3 Å². The number of methoxy groups -OCH3 is 1. The third-order valence-electron chi connectivity index (χ3n) is 2.20. The second-order valence-corrected chi connectivity index (χ2v) is 3.33. The van der Waals surface area contributed by atoms with Crippen molar-refractivity contribution >= 4 is 5.91 Å². The van der Waals surface area contributed by atoms with Gasteiger partial charge in [0.25, 0.3) is 5.91 Å². The fourth-order valence-electron chi connectivity index (χ4n) is 1.30. The molecule has 0 aromatic heterocycles. The summed E-state index contributed by atoms with van der Waals surface area (Å²) in [4.78, 5) is 12.9. The van der Waals surface area contributed by atoms with Crippen LogP contribution in [0.5, 0.6) is 5.75 Å². The van der Waals surface area contributed by atoms with Crippen molar-refractivity contribution in [2.45, 2.75) is 6.92 Å². The Labute approximate surface area is 89.1 Å². The van der Waals surface area contributed by atoms with Gasteiger partial charge in [-0.2, -0.15) is 0 Å². The number of rotatable bonds is 3. The summed E-state index contributed by atoms with van der Waals surface area (Å²) >= 11 is 0. The first-order valence-corrected chi connectivity index (χ1v) is 4.61. The number of aryl methyl sites for hydroxylation is 1. The average Bonchev–Trinajstić information content (AvgIpc) is 2.26. The summed E-state index contributed by atoms with van der Waals surface area (Å²) in [7, 11) is 3.13. The number of hydrogen-bond acceptors (Lipinski definition) is 3. The molecule has 4 heteroatoms. The van der Waals surface area contributed by atoms with Crippen molar-refractivity contribution in [3.05, 3.63) is 29.3 Å². The third-order valence-corrected chi connectivity index (χ3v) is 2.20. The zero-order chi connectivity index (χ0) is 11.4. The fraction of sp³-hybridized carbons (Fsp3) is 0.364. The Morgan fingerprint density at radius 3 is 2.67 bits per heavy atom. The zero-order valence-electron chi connectivity index (χ0n) is 9.15. The molecule has 0 unspecified atom stereocenters. The van der Waals surface area contributed by atoms with Crippen LogP contribution in [0.1, 0.15) is 15.9 Å². The molecule has 1 aromatic carbocycles. The molecular formula is C11H15NO3.